The molecule has 1 aromatic heterocycles. The van der Waals surface area contributed by atoms with E-state index < -0.39 is 5.25 Å². The van der Waals surface area contributed by atoms with E-state index in [9.17, 15) is 9.59 Å². The van der Waals surface area contributed by atoms with E-state index in [0.29, 0.717) is 22.5 Å². The molecule has 1 aliphatic heterocycles. The zero-order chi connectivity index (χ0) is 18.5. The second-order valence-corrected chi connectivity index (χ2v) is 8.27. The summed E-state index contributed by atoms with van der Waals surface area (Å²) in [5.74, 6) is -0.358. The normalized spacial score (nSPS) is 18.3. The van der Waals surface area contributed by atoms with Crippen molar-refractivity contribution in [3.8, 4) is 0 Å². The van der Waals surface area contributed by atoms with Crippen molar-refractivity contribution < 1.29 is 9.59 Å². The minimum Gasteiger partial charge on any atom is -0.326 e. The van der Waals surface area contributed by atoms with Gasteiger partial charge >= 0.3 is 0 Å². The summed E-state index contributed by atoms with van der Waals surface area (Å²) in [5.41, 5.74) is 0.688. The summed E-state index contributed by atoms with van der Waals surface area (Å²) >= 11 is 6.02. The second-order valence-electron chi connectivity index (χ2n) is 5.31. The molecule has 1 N–H and O–H groups in total. The molecule has 1 fully saturated rings. The number of amides is 2. The molecular weight excluding hydrogens is 436 g/mol. The third-order valence-corrected chi connectivity index (χ3v) is 5.81. The molecule has 1 aliphatic rings. The lowest BCUT2D eigenvalue weighted by molar-refractivity contribution is -0.127. The fourth-order valence-corrected chi connectivity index (χ4v) is 4.26. The number of benzene rings is 1. The molecule has 134 valence electrons. The number of aromatic nitrogens is 1. The fraction of sp³-hybridized carbons (Fsp3) is 0.176. The zero-order valence-corrected chi connectivity index (χ0v) is 16.8. The number of carbonyl (C=O) groups is 2. The Hall–Kier alpha value is -1.97. The van der Waals surface area contributed by atoms with E-state index in [1.54, 1.807) is 24.4 Å². The molecule has 1 atom stereocenters. The van der Waals surface area contributed by atoms with E-state index >= 15 is 0 Å². The highest BCUT2D eigenvalue weighted by Crippen LogP contribution is 2.32. The van der Waals surface area contributed by atoms with Gasteiger partial charge < -0.3 is 5.32 Å². The smallest absolute Gasteiger partial charge is 0.242 e. The summed E-state index contributed by atoms with van der Waals surface area (Å²) in [6.07, 6.45) is 3.37. The number of rotatable bonds is 6. The topological polar surface area (TPSA) is 74.7 Å². The van der Waals surface area contributed by atoms with Gasteiger partial charge in [-0.1, -0.05) is 33.8 Å². The summed E-state index contributed by atoms with van der Waals surface area (Å²) < 4.78 is 0.931. The molecule has 3 rings (SSSR count). The Morgan fingerprint density at radius 1 is 1.42 bits per heavy atom. The highest BCUT2D eigenvalue weighted by molar-refractivity contribution is 9.10. The van der Waals surface area contributed by atoms with Crippen molar-refractivity contribution in [3.63, 3.8) is 0 Å². The van der Waals surface area contributed by atoms with Gasteiger partial charge in [0.05, 0.1) is 0 Å². The lowest BCUT2D eigenvalue weighted by Crippen LogP contribution is -2.33. The Morgan fingerprint density at radius 3 is 2.85 bits per heavy atom. The first-order valence-electron chi connectivity index (χ1n) is 7.69. The molecule has 0 radical (unpaired) electrons. The van der Waals surface area contributed by atoms with Gasteiger partial charge in [0, 0.05) is 34.7 Å². The van der Waals surface area contributed by atoms with Crippen LogP contribution >= 0.6 is 39.0 Å². The van der Waals surface area contributed by atoms with Gasteiger partial charge in [0.15, 0.2) is 5.17 Å². The molecule has 1 saturated heterocycles. The van der Waals surface area contributed by atoms with Crippen LogP contribution in [-0.4, -0.2) is 38.7 Å². The molecule has 9 heteroatoms. The molecule has 26 heavy (non-hydrogen) atoms. The molecule has 6 nitrogen and oxygen atoms in total. The van der Waals surface area contributed by atoms with E-state index in [0.717, 1.165) is 4.47 Å². The zero-order valence-electron chi connectivity index (χ0n) is 13.6. The van der Waals surface area contributed by atoms with E-state index in [4.69, 9.17) is 0 Å². The molecule has 0 saturated carbocycles. The molecule has 2 aromatic rings. The number of aliphatic imine (C=N–C) groups is 1. The number of thioether (sulfide) groups is 1. The quantitative estimate of drug-likeness (QED) is 0.673. The molecule has 1 aromatic carbocycles. The molecular formula is C17H15BrN4O2S2. The van der Waals surface area contributed by atoms with Crippen LogP contribution < -0.4 is 5.32 Å². The number of nitrogens with zero attached hydrogens (tertiary/aromatic N) is 3. The van der Waals surface area contributed by atoms with Gasteiger partial charge in [-0.25, -0.2) is 4.98 Å². The Balaban J connectivity index is 1.69. The summed E-state index contributed by atoms with van der Waals surface area (Å²) in [5, 5.41) is 5.25. The van der Waals surface area contributed by atoms with Gasteiger partial charge in [0.1, 0.15) is 5.25 Å². The first-order valence-corrected chi connectivity index (χ1v) is 10.2. The number of hydrogen-bond donors (Lipinski definition) is 1. The predicted molar refractivity (Wildman–Crippen MR) is 110 cm³/mol. The number of hydrogen-bond acceptors (Lipinski definition) is 6. The second kappa shape index (κ2) is 8.61. The Kier molecular flexibility index (Phi) is 6.23. The van der Waals surface area contributed by atoms with Crippen molar-refractivity contribution in [1.82, 2.24) is 9.88 Å². The molecule has 0 unspecified atom stereocenters. The van der Waals surface area contributed by atoms with Crippen molar-refractivity contribution in [2.45, 2.75) is 11.7 Å². The van der Waals surface area contributed by atoms with Crippen LogP contribution in [0.25, 0.3) is 0 Å². The van der Waals surface area contributed by atoms with Crippen LogP contribution in [0.4, 0.5) is 10.8 Å². The number of amidine groups is 1. The fourth-order valence-electron chi connectivity index (χ4n) is 2.29. The van der Waals surface area contributed by atoms with E-state index in [2.05, 4.69) is 37.8 Å². The standard InChI is InChI=1S/C17H15BrN4O2S2/c1-2-8-22-15(24)13(26-17(22)21-16-19-7-9-25-16)10-14(23)20-12-5-3-11(18)4-6-12/h2-7,9,13H,1,8,10H2,(H,20,23)/t13-/m0/s1. The summed E-state index contributed by atoms with van der Waals surface area (Å²) in [6, 6.07) is 7.28. The van der Waals surface area contributed by atoms with Gasteiger partial charge in [-0.3, -0.25) is 14.5 Å². The Morgan fingerprint density at radius 2 is 2.19 bits per heavy atom. The van der Waals surface area contributed by atoms with Gasteiger partial charge in [-0.2, -0.15) is 4.99 Å². The number of halogens is 1. The van der Waals surface area contributed by atoms with Crippen molar-refractivity contribution in [3.05, 3.63) is 53.0 Å². The van der Waals surface area contributed by atoms with Gasteiger partial charge in [0.2, 0.25) is 16.9 Å². The first kappa shape index (κ1) is 18.8. The van der Waals surface area contributed by atoms with Crippen LogP contribution in [0, 0.1) is 0 Å². The van der Waals surface area contributed by atoms with Crippen molar-refractivity contribution in [1.29, 1.82) is 0 Å². The van der Waals surface area contributed by atoms with E-state index in [1.165, 1.54) is 28.0 Å². The monoisotopic (exact) mass is 450 g/mol. The largest absolute Gasteiger partial charge is 0.326 e. The molecule has 0 aliphatic carbocycles. The molecule has 2 heterocycles. The Bertz CT molecular complexity index is 837. The maximum absolute atomic E-state index is 12.6. The third kappa shape index (κ3) is 4.60. The maximum Gasteiger partial charge on any atom is 0.242 e. The van der Waals surface area contributed by atoms with Crippen LogP contribution in [0.5, 0.6) is 0 Å². The Labute approximate surface area is 167 Å². The van der Waals surface area contributed by atoms with Crippen molar-refractivity contribution in [2.75, 3.05) is 11.9 Å². The van der Waals surface area contributed by atoms with Crippen molar-refractivity contribution >= 4 is 66.8 Å². The maximum atomic E-state index is 12.6. The minimum atomic E-state index is -0.510. The molecule has 2 amide bonds. The van der Waals surface area contributed by atoms with Gasteiger partial charge in [0.25, 0.3) is 0 Å². The highest BCUT2D eigenvalue weighted by atomic mass is 79.9. The number of nitrogens with one attached hydrogen (secondary N) is 1. The number of thiazole rings is 1. The van der Waals surface area contributed by atoms with Crippen LogP contribution in [0.1, 0.15) is 6.42 Å². The minimum absolute atomic E-state index is 0.0735. The van der Waals surface area contributed by atoms with Crippen LogP contribution in [0.15, 0.2) is 58.0 Å². The van der Waals surface area contributed by atoms with Crippen molar-refractivity contribution in [2.24, 2.45) is 4.99 Å². The van der Waals surface area contributed by atoms with E-state index in [-0.39, 0.29) is 18.2 Å². The van der Waals surface area contributed by atoms with Crippen LogP contribution in [-0.2, 0) is 9.59 Å². The molecule has 0 spiro atoms. The van der Waals surface area contributed by atoms with Crippen LogP contribution in [0.3, 0.4) is 0 Å². The average Bonchev–Trinajstić information content (AvgIpc) is 3.22. The summed E-state index contributed by atoms with van der Waals surface area (Å²) in [6.45, 7) is 4.03. The third-order valence-electron chi connectivity index (χ3n) is 3.44. The number of carbonyl (C=O) groups excluding carboxylic acids is 2. The summed E-state index contributed by atoms with van der Waals surface area (Å²) in [7, 11) is 0. The lowest BCUT2D eigenvalue weighted by Gasteiger charge is -2.13. The van der Waals surface area contributed by atoms with Crippen LogP contribution in [0.2, 0.25) is 0 Å². The molecule has 0 bridgehead atoms. The lowest BCUT2D eigenvalue weighted by atomic mass is 10.2. The number of anilines is 1. The summed E-state index contributed by atoms with van der Waals surface area (Å²) in [4.78, 5) is 35.0. The highest BCUT2D eigenvalue weighted by Gasteiger charge is 2.38. The predicted octanol–water partition coefficient (Wildman–Crippen LogP) is 4.05. The van der Waals surface area contributed by atoms with Gasteiger partial charge in [-0.05, 0) is 24.3 Å². The SMILES string of the molecule is C=CCN1C(=O)[C@H](CC(=O)Nc2ccc(Br)cc2)SC1=Nc1nccs1. The first-order chi connectivity index (χ1) is 12.6. The van der Waals surface area contributed by atoms with E-state index in [1.807, 2.05) is 17.5 Å². The van der Waals surface area contributed by atoms with Gasteiger partial charge in [-0.15, -0.1) is 17.9 Å². The average molecular weight is 451 g/mol.